The summed E-state index contributed by atoms with van der Waals surface area (Å²) in [5, 5.41) is 9.19. The molecule has 0 atom stereocenters. The van der Waals surface area contributed by atoms with E-state index in [-0.39, 0.29) is 17.2 Å². The first kappa shape index (κ1) is 19.8. The molecule has 0 aliphatic carbocycles. The van der Waals surface area contributed by atoms with Crippen LogP contribution in [0.3, 0.4) is 0 Å². The average molecular weight is 365 g/mol. The average Bonchev–Trinajstić information content (AvgIpc) is 2.60. The Morgan fingerprint density at radius 3 is 2.64 bits per heavy atom. The van der Waals surface area contributed by atoms with Gasteiger partial charge in [0.25, 0.3) is 5.91 Å². The fraction of sp³-hybridized carbons (Fsp3) is 0.556. The van der Waals surface area contributed by atoms with Crippen LogP contribution < -0.4 is 16.0 Å². The molecule has 1 aromatic carbocycles. The second-order valence-corrected chi connectivity index (χ2v) is 7.31. The van der Waals surface area contributed by atoms with Gasteiger partial charge in [-0.3, -0.25) is 9.59 Å². The van der Waals surface area contributed by atoms with Crippen molar-refractivity contribution in [3.05, 3.63) is 23.8 Å². The van der Waals surface area contributed by atoms with E-state index in [1.165, 1.54) is 18.7 Å². The van der Waals surface area contributed by atoms with E-state index in [1.807, 2.05) is 12.3 Å². The number of carbonyl (C=O) groups is 2. The van der Waals surface area contributed by atoms with Gasteiger partial charge < -0.3 is 20.7 Å². The van der Waals surface area contributed by atoms with Crippen LogP contribution in [0.15, 0.2) is 23.1 Å². The van der Waals surface area contributed by atoms with Gasteiger partial charge in [0.2, 0.25) is 5.91 Å². The highest BCUT2D eigenvalue weighted by molar-refractivity contribution is 7.98. The van der Waals surface area contributed by atoms with Crippen LogP contribution in [0, 0.1) is 5.41 Å². The predicted octanol–water partition coefficient (Wildman–Crippen LogP) is 2.11. The summed E-state index contributed by atoms with van der Waals surface area (Å²) < 4.78 is 5.39. The number of methoxy groups -OCH3 is 1. The number of rotatable bonds is 7. The topological polar surface area (TPSA) is 79.5 Å². The molecule has 0 saturated carbocycles. The molecule has 1 aliphatic heterocycles. The number of thioether (sulfide) groups is 1. The SMILES string of the molecule is COCC1(CNC(=O)c2ccc(NC(C)=O)c(SC)c2)CCNCC1. The largest absolute Gasteiger partial charge is 0.384 e. The quantitative estimate of drug-likeness (QED) is 0.645. The van der Waals surface area contributed by atoms with E-state index in [2.05, 4.69) is 16.0 Å². The normalized spacial score (nSPS) is 16.3. The van der Waals surface area contributed by atoms with Crippen LogP contribution >= 0.6 is 11.8 Å². The number of anilines is 1. The summed E-state index contributed by atoms with van der Waals surface area (Å²) in [5.41, 5.74) is 1.32. The molecule has 1 heterocycles. The number of hydrogen-bond donors (Lipinski definition) is 3. The third-order valence-corrected chi connectivity index (χ3v) is 5.29. The van der Waals surface area contributed by atoms with Gasteiger partial charge in [0.1, 0.15) is 0 Å². The minimum Gasteiger partial charge on any atom is -0.384 e. The first-order chi connectivity index (χ1) is 12.0. The lowest BCUT2D eigenvalue weighted by molar-refractivity contribution is -0.114. The van der Waals surface area contributed by atoms with Crippen molar-refractivity contribution < 1.29 is 14.3 Å². The highest BCUT2D eigenvalue weighted by Gasteiger charge is 2.32. The maximum absolute atomic E-state index is 12.6. The van der Waals surface area contributed by atoms with Crippen molar-refractivity contribution in [3.8, 4) is 0 Å². The molecule has 0 bridgehead atoms. The number of amides is 2. The monoisotopic (exact) mass is 365 g/mol. The summed E-state index contributed by atoms with van der Waals surface area (Å²) >= 11 is 1.50. The van der Waals surface area contributed by atoms with Crippen molar-refractivity contribution >= 4 is 29.3 Å². The van der Waals surface area contributed by atoms with Crippen molar-refractivity contribution in [1.29, 1.82) is 0 Å². The Kier molecular flexibility index (Phi) is 7.28. The van der Waals surface area contributed by atoms with E-state index in [9.17, 15) is 9.59 Å². The molecular weight excluding hydrogens is 338 g/mol. The van der Waals surface area contributed by atoms with Crippen LogP contribution in [0.4, 0.5) is 5.69 Å². The summed E-state index contributed by atoms with van der Waals surface area (Å²) in [6, 6.07) is 5.33. The first-order valence-electron chi connectivity index (χ1n) is 8.43. The van der Waals surface area contributed by atoms with Gasteiger partial charge in [0.05, 0.1) is 12.3 Å². The molecular formula is C18H27N3O3S. The van der Waals surface area contributed by atoms with Crippen LogP contribution in [-0.2, 0) is 9.53 Å². The van der Waals surface area contributed by atoms with Crippen LogP contribution in [0.1, 0.15) is 30.1 Å². The van der Waals surface area contributed by atoms with Crippen LogP contribution in [-0.4, -0.2) is 51.4 Å². The van der Waals surface area contributed by atoms with E-state index in [0.717, 1.165) is 36.5 Å². The van der Waals surface area contributed by atoms with E-state index >= 15 is 0 Å². The maximum Gasteiger partial charge on any atom is 0.251 e. The molecule has 1 aliphatic rings. The Morgan fingerprint density at radius 1 is 1.32 bits per heavy atom. The lowest BCUT2D eigenvalue weighted by atomic mass is 9.79. The highest BCUT2D eigenvalue weighted by Crippen LogP contribution is 2.29. The van der Waals surface area contributed by atoms with Gasteiger partial charge in [-0.05, 0) is 50.4 Å². The van der Waals surface area contributed by atoms with Crippen molar-refractivity contribution in [2.24, 2.45) is 5.41 Å². The highest BCUT2D eigenvalue weighted by atomic mass is 32.2. The Morgan fingerprint density at radius 2 is 2.04 bits per heavy atom. The van der Waals surface area contributed by atoms with E-state index in [0.29, 0.717) is 18.7 Å². The van der Waals surface area contributed by atoms with E-state index < -0.39 is 0 Å². The lowest BCUT2D eigenvalue weighted by Crippen LogP contribution is -2.47. The van der Waals surface area contributed by atoms with E-state index in [4.69, 9.17) is 4.74 Å². The van der Waals surface area contributed by atoms with Crippen LogP contribution in [0.25, 0.3) is 0 Å². The zero-order valence-corrected chi connectivity index (χ0v) is 15.9. The molecule has 1 aromatic rings. The standard InChI is InChI=1S/C18H27N3O3S/c1-13(22)21-15-5-4-14(10-16(15)25-3)17(23)20-11-18(12-24-2)6-8-19-9-7-18/h4-5,10,19H,6-9,11-12H2,1-3H3,(H,20,23)(H,21,22). The molecule has 2 rings (SSSR count). The molecule has 25 heavy (non-hydrogen) atoms. The van der Waals surface area contributed by atoms with Gasteiger partial charge in [-0.25, -0.2) is 0 Å². The number of benzene rings is 1. The van der Waals surface area contributed by atoms with E-state index in [1.54, 1.807) is 19.2 Å². The molecule has 0 spiro atoms. The third kappa shape index (κ3) is 5.45. The molecule has 6 nitrogen and oxygen atoms in total. The Labute approximate surface area is 153 Å². The molecule has 2 amide bonds. The lowest BCUT2D eigenvalue weighted by Gasteiger charge is -2.37. The molecule has 0 aromatic heterocycles. The first-order valence-corrected chi connectivity index (χ1v) is 9.66. The summed E-state index contributed by atoms with van der Waals surface area (Å²) in [4.78, 5) is 24.7. The smallest absolute Gasteiger partial charge is 0.251 e. The summed E-state index contributed by atoms with van der Waals surface area (Å²) in [7, 11) is 1.71. The van der Waals surface area contributed by atoms with Crippen LogP contribution in [0.5, 0.6) is 0 Å². The van der Waals surface area contributed by atoms with Gasteiger partial charge in [-0.15, -0.1) is 11.8 Å². The zero-order valence-electron chi connectivity index (χ0n) is 15.1. The Hall–Kier alpha value is -1.57. The summed E-state index contributed by atoms with van der Waals surface area (Å²) in [5.74, 6) is -0.224. The molecule has 1 fully saturated rings. The van der Waals surface area contributed by atoms with Gasteiger partial charge >= 0.3 is 0 Å². The van der Waals surface area contributed by atoms with Crippen molar-refractivity contribution in [3.63, 3.8) is 0 Å². The molecule has 0 radical (unpaired) electrons. The minimum atomic E-state index is -0.125. The molecule has 3 N–H and O–H groups in total. The van der Waals surface area contributed by atoms with Crippen molar-refractivity contribution in [2.75, 3.05) is 44.9 Å². The van der Waals surface area contributed by atoms with Crippen molar-refractivity contribution in [2.45, 2.75) is 24.7 Å². The fourth-order valence-corrected chi connectivity index (χ4v) is 3.71. The molecule has 138 valence electrons. The van der Waals surface area contributed by atoms with Gasteiger partial charge in [-0.2, -0.15) is 0 Å². The van der Waals surface area contributed by atoms with Crippen LogP contribution in [0.2, 0.25) is 0 Å². The number of nitrogens with one attached hydrogen (secondary N) is 3. The Balaban J connectivity index is 2.05. The predicted molar refractivity (Wildman–Crippen MR) is 101 cm³/mol. The second-order valence-electron chi connectivity index (χ2n) is 6.46. The van der Waals surface area contributed by atoms with Gasteiger partial charge in [-0.1, -0.05) is 0 Å². The number of ether oxygens (including phenoxy) is 1. The number of carbonyl (C=O) groups excluding carboxylic acids is 2. The summed E-state index contributed by atoms with van der Waals surface area (Å²) in [6.07, 6.45) is 3.89. The summed E-state index contributed by atoms with van der Waals surface area (Å²) in [6.45, 7) is 4.61. The number of piperidine rings is 1. The maximum atomic E-state index is 12.6. The van der Waals surface area contributed by atoms with Crippen molar-refractivity contribution in [1.82, 2.24) is 10.6 Å². The third-order valence-electron chi connectivity index (χ3n) is 4.51. The Bertz CT molecular complexity index is 610. The fourth-order valence-electron chi connectivity index (χ4n) is 3.13. The van der Waals surface area contributed by atoms with Gasteiger partial charge in [0, 0.05) is 36.5 Å². The second kappa shape index (κ2) is 9.22. The molecule has 1 saturated heterocycles. The number of hydrogen-bond acceptors (Lipinski definition) is 5. The minimum absolute atomic E-state index is 0.00583. The molecule has 7 heteroatoms. The van der Waals surface area contributed by atoms with Gasteiger partial charge in [0.15, 0.2) is 0 Å². The zero-order chi connectivity index (χ0) is 18.3. The molecule has 0 unspecified atom stereocenters.